The molecular formula is C10H15N3O3. The maximum absolute atomic E-state index is 11.1. The number of aromatic nitrogens is 2. The molecule has 1 aromatic rings. The molecule has 1 aromatic heterocycles. The fourth-order valence-corrected chi connectivity index (χ4v) is 1.08. The van der Waals surface area contributed by atoms with Crippen molar-refractivity contribution in [2.75, 3.05) is 32.7 Å². The van der Waals surface area contributed by atoms with Crippen molar-refractivity contribution in [1.82, 2.24) is 9.97 Å². The Kier molecular flexibility index (Phi) is 5.21. The van der Waals surface area contributed by atoms with Crippen LogP contribution in [0.1, 0.15) is 17.0 Å². The monoisotopic (exact) mass is 225 g/mol. The smallest absolute Gasteiger partial charge is 0.376 e. The third-order valence-electron chi connectivity index (χ3n) is 1.85. The molecule has 88 valence electrons. The highest BCUT2D eigenvalue weighted by Crippen LogP contribution is 2.02. The summed E-state index contributed by atoms with van der Waals surface area (Å²) in [6.45, 7) is 1.41. The first-order valence-corrected chi connectivity index (χ1v) is 4.92. The minimum absolute atomic E-state index is 0.0549. The van der Waals surface area contributed by atoms with Gasteiger partial charge in [0.2, 0.25) is 5.82 Å². The van der Waals surface area contributed by atoms with Gasteiger partial charge in [-0.05, 0) is 12.5 Å². The number of nitrogens with zero attached hydrogens (tertiary/aromatic N) is 2. The van der Waals surface area contributed by atoms with Crippen LogP contribution < -0.4 is 5.32 Å². The first-order valence-electron chi connectivity index (χ1n) is 4.92. The van der Waals surface area contributed by atoms with Gasteiger partial charge in [-0.25, -0.2) is 14.8 Å². The van der Waals surface area contributed by atoms with Gasteiger partial charge in [-0.3, -0.25) is 0 Å². The maximum atomic E-state index is 11.1. The maximum Gasteiger partial charge on any atom is 0.376 e. The summed E-state index contributed by atoms with van der Waals surface area (Å²) in [5.41, 5.74) is 0. The van der Waals surface area contributed by atoms with E-state index in [1.807, 2.05) is 0 Å². The van der Waals surface area contributed by atoms with E-state index in [0.29, 0.717) is 12.4 Å². The highest BCUT2D eigenvalue weighted by molar-refractivity contribution is 5.85. The topological polar surface area (TPSA) is 73.3 Å². The number of nitrogens with one attached hydrogen (secondary N) is 1. The van der Waals surface area contributed by atoms with Crippen LogP contribution in [-0.4, -0.2) is 43.3 Å². The second-order valence-electron chi connectivity index (χ2n) is 3.03. The molecule has 0 aliphatic heterocycles. The van der Waals surface area contributed by atoms with Crippen LogP contribution in [0.2, 0.25) is 0 Å². The van der Waals surface area contributed by atoms with Crippen molar-refractivity contribution < 1.29 is 14.3 Å². The number of ether oxygens (including phenoxy) is 2. The molecule has 0 unspecified atom stereocenters. The number of esters is 1. The summed E-state index contributed by atoms with van der Waals surface area (Å²) in [6.07, 6.45) is 2.38. The minimum atomic E-state index is -0.541. The fourth-order valence-electron chi connectivity index (χ4n) is 1.08. The molecule has 0 aliphatic carbocycles. The van der Waals surface area contributed by atoms with E-state index >= 15 is 0 Å². The Labute approximate surface area is 94.0 Å². The highest BCUT2D eigenvalue weighted by atomic mass is 16.5. The molecule has 0 saturated heterocycles. The number of anilines is 1. The van der Waals surface area contributed by atoms with E-state index in [4.69, 9.17) is 4.74 Å². The van der Waals surface area contributed by atoms with Crippen molar-refractivity contribution in [1.29, 1.82) is 0 Å². The van der Waals surface area contributed by atoms with Gasteiger partial charge in [-0.1, -0.05) is 0 Å². The Morgan fingerprint density at radius 2 is 2.31 bits per heavy atom. The summed E-state index contributed by atoms with van der Waals surface area (Å²) in [6, 6.07) is 1.69. The first-order chi connectivity index (χ1) is 7.77. The second kappa shape index (κ2) is 6.73. The standard InChI is InChI=1S/C10H15N3O3/c1-15-7-3-5-11-8-4-6-12-9(13-8)10(14)16-2/h4,6H,3,5,7H2,1-2H3,(H,11,12,13). The molecule has 0 bridgehead atoms. The molecule has 0 amide bonds. The van der Waals surface area contributed by atoms with Crippen LogP contribution in [-0.2, 0) is 9.47 Å². The molecule has 16 heavy (non-hydrogen) atoms. The average molecular weight is 225 g/mol. The predicted molar refractivity (Wildman–Crippen MR) is 58.4 cm³/mol. The summed E-state index contributed by atoms with van der Waals surface area (Å²) in [4.78, 5) is 19.0. The Morgan fingerprint density at radius 1 is 1.50 bits per heavy atom. The van der Waals surface area contributed by atoms with E-state index in [1.165, 1.54) is 13.3 Å². The van der Waals surface area contributed by atoms with Crippen molar-refractivity contribution in [2.45, 2.75) is 6.42 Å². The lowest BCUT2D eigenvalue weighted by Crippen LogP contribution is -2.11. The van der Waals surface area contributed by atoms with Crippen LogP contribution in [0, 0.1) is 0 Å². The molecule has 1 heterocycles. The SMILES string of the molecule is COCCCNc1ccnc(C(=O)OC)n1. The lowest BCUT2D eigenvalue weighted by atomic mass is 10.4. The summed E-state index contributed by atoms with van der Waals surface area (Å²) >= 11 is 0. The van der Waals surface area contributed by atoms with E-state index in [1.54, 1.807) is 13.2 Å². The molecule has 6 nitrogen and oxygen atoms in total. The quantitative estimate of drug-likeness (QED) is 0.568. The van der Waals surface area contributed by atoms with Gasteiger partial charge in [-0.2, -0.15) is 0 Å². The van der Waals surface area contributed by atoms with Gasteiger partial charge in [0.25, 0.3) is 0 Å². The Hall–Kier alpha value is -1.69. The highest BCUT2D eigenvalue weighted by Gasteiger charge is 2.08. The zero-order chi connectivity index (χ0) is 11.8. The van der Waals surface area contributed by atoms with E-state index in [0.717, 1.165) is 13.0 Å². The largest absolute Gasteiger partial charge is 0.463 e. The Bertz CT molecular complexity index is 344. The van der Waals surface area contributed by atoms with Crippen LogP contribution in [0.25, 0.3) is 0 Å². The van der Waals surface area contributed by atoms with Crippen LogP contribution in [0.5, 0.6) is 0 Å². The molecule has 0 fully saturated rings. The molecule has 0 spiro atoms. The number of hydrogen-bond donors (Lipinski definition) is 1. The van der Waals surface area contributed by atoms with Gasteiger partial charge in [-0.15, -0.1) is 0 Å². The van der Waals surface area contributed by atoms with E-state index in [9.17, 15) is 4.79 Å². The van der Waals surface area contributed by atoms with Gasteiger partial charge >= 0.3 is 5.97 Å². The molecule has 1 N–H and O–H groups in total. The van der Waals surface area contributed by atoms with Crippen molar-refractivity contribution in [2.24, 2.45) is 0 Å². The zero-order valence-corrected chi connectivity index (χ0v) is 9.40. The molecule has 0 aliphatic rings. The average Bonchev–Trinajstić information content (AvgIpc) is 2.34. The Balaban J connectivity index is 2.50. The number of carbonyl (C=O) groups excluding carboxylic acids is 1. The van der Waals surface area contributed by atoms with Crippen molar-refractivity contribution in [3.8, 4) is 0 Å². The van der Waals surface area contributed by atoms with Gasteiger partial charge in [0, 0.05) is 26.5 Å². The first kappa shape index (κ1) is 12.4. The Morgan fingerprint density at radius 3 is 3.00 bits per heavy atom. The molecule has 1 rings (SSSR count). The van der Waals surface area contributed by atoms with E-state index < -0.39 is 5.97 Å². The lowest BCUT2D eigenvalue weighted by molar-refractivity contribution is 0.0587. The van der Waals surface area contributed by atoms with Crippen LogP contribution >= 0.6 is 0 Å². The third-order valence-corrected chi connectivity index (χ3v) is 1.85. The van der Waals surface area contributed by atoms with Crippen molar-refractivity contribution in [3.63, 3.8) is 0 Å². The van der Waals surface area contributed by atoms with E-state index in [2.05, 4.69) is 20.0 Å². The summed E-state index contributed by atoms with van der Waals surface area (Å²) in [5, 5.41) is 3.06. The molecule has 0 radical (unpaired) electrons. The van der Waals surface area contributed by atoms with Gasteiger partial charge < -0.3 is 14.8 Å². The summed E-state index contributed by atoms with van der Waals surface area (Å²) in [7, 11) is 2.95. The lowest BCUT2D eigenvalue weighted by Gasteiger charge is -2.05. The van der Waals surface area contributed by atoms with Crippen molar-refractivity contribution in [3.05, 3.63) is 18.1 Å². The number of carbonyl (C=O) groups is 1. The predicted octanol–water partition coefficient (Wildman–Crippen LogP) is 0.712. The van der Waals surface area contributed by atoms with Crippen LogP contribution in [0.3, 0.4) is 0 Å². The number of rotatable bonds is 6. The molecule has 0 atom stereocenters. The van der Waals surface area contributed by atoms with Crippen molar-refractivity contribution >= 4 is 11.8 Å². The number of methoxy groups -OCH3 is 2. The minimum Gasteiger partial charge on any atom is -0.463 e. The molecule has 6 heteroatoms. The third kappa shape index (κ3) is 3.82. The van der Waals surface area contributed by atoms with Gasteiger partial charge in [0.05, 0.1) is 7.11 Å². The van der Waals surface area contributed by atoms with Gasteiger partial charge in [0.15, 0.2) is 0 Å². The normalized spacial score (nSPS) is 9.88. The fraction of sp³-hybridized carbons (Fsp3) is 0.500. The molecule has 0 saturated carbocycles. The summed E-state index contributed by atoms with van der Waals surface area (Å²) in [5.74, 6) is 0.117. The van der Waals surface area contributed by atoms with E-state index in [-0.39, 0.29) is 5.82 Å². The molecule has 0 aromatic carbocycles. The number of hydrogen-bond acceptors (Lipinski definition) is 6. The van der Waals surface area contributed by atoms with Gasteiger partial charge in [0.1, 0.15) is 5.82 Å². The summed E-state index contributed by atoms with van der Waals surface area (Å²) < 4.78 is 9.43. The second-order valence-corrected chi connectivity index (χ2v) is 3.03. The zero-order valence-electron chi connectivity index (χ0n) is 9.40. The molecular weight excluding hydrogens is 210 g/mol. The van der Waals surface area contributed by atoms with Crippen LogP contribution in [0.15, 0.2) is 12.3 Å². The van der Waals surface area contributed by atoms with Crippen LogP contribution in [0.4, 0.5) is 5.82 Å².